The Hall–Kier alpha value is -1.26. The van der Waals surface area contributed by atoms with Crippen LogP contribution in [0, 0.1) is 0 Å². The van der Waals surface area contributed by atoms with E-state index in [1.807, 2.05) is 0 Å². The zero-order valence-electron chi connectivity index (χ0n) is 10.0. The smallest absolute Gasteiger partial charge is 0.255 e. The lowest BCUT2D eigenvalue weighted by Gasteiger charge is -2.28. The molecule has 98 valence electrons. The second-order valence-electron chi connectivity index (χ2n) is 4.64. The van der Waals surface area contributed by atoms with Crippen molar-refractivity contribution in [3.8, 4) is 0 Å². The Kier molecular flexibility index (Phi) is 4.09. The van der Waals surface area contributed by atoms with Crippen molar-refractivity contribution < 1.29 is 9.90 Å². The number of benzene rings is 1. The van der Waals surface area contributed by atoms with Gasteiger partial charge in [0.25, 0.3) is 5.91 Å². The van der Waals surface area contributed by atoms with Gasteiger partial charge in [-0.25, -0.2) is 0 Å². The number of hydrogen-bond donors (Lipinski definition) is 3. The number of anilines is 1. The monoisotopic (exact) mass is 268 g/mol. The van der Waals surface area contributed by atoms with Crippen LogP contribution >= 0.6 is 11.6 Å². The Morgan fingerprint density at radius 3 is 2.78 bits per heavy atom. The van der Waals surface area contributed by atoms with Crippen LogP contribution in [0.15, 0.2) is 18.2 Å². The number of aliphatic hydroxyl groups excluding tert-OH is 1. The molecular weight excluding hydrogens is 252 g/mol. The zero-order chi connectivity index (χ0) is 13.1. The number of halogens is 1. The molecular formula is C13H17ClN2O2. The molecule has 0 aliphatic heterocycles. The van der Waals surface area contributed by atoms with Crippen LogP contribution in [-0.4, -0.2) is 23.2 Å². The van der Waals surface area contributed by atoms with Gasteiger partial charge in [0.1, 0.15) is 0 Å². The summed E-state index contributed by atoms with van der Waals surface area (Å²) in [4.78, 5) is 12.1. The number of carbonyl (C=O) groups excluding carboxylic acids is 1. The van der Waals surface area contributed by atoms with Crippen molar-refractivity contribution in [3.63, 3.8) is 0 Å². The fourth-order valence-electron chi connectivity index (χ4n) is 2.30. The molecule has 4 N–H and O–H groups in total. The molecule has 2 rings (SSSR count). The summed E-state index contributed by atoms with van der Waals surface area (Å²) < 4.78 is 0. The van der Waals surface area contributed by atoms with Gasteiger partial charge < -0.3 is 16.2 Å². The highest BCUT2D eigenvalue weighted by molar-refractivity contribution is 6.34. The predicted molar refractivity (Wildman–Crippen MR) is 71.6 cm³/mol. The minimum absolute atomic E-state index is 0.207. The molecule has 1 aromatic rings. The molecule has 0 bridgehead atoms. The van der Waals surface area contributed by atoms with Crippen molar-refractivity contribution in [1.29, 1.82) is 0 Å². The van der Waals surface area contributed by atoms with Crippen LogP contribution in [0.2, 0.25) is 5.02 Å². The Labute approximate surface area is 111 Å². The van der Waals surface area contributed by atoms with Gasteiger partial charge in [-0.3, -0.25) is 4.79 Å². The van der Waals surface area contributed by atoms with E-state index in [2.05, 4.69) is 5.32 Å². The van der Waals surface area contributed by atoms with Crippen molar-refractivity contribution in [2.75, 3.05) is 5.73 Å². The summed E-state index contributed by atoms with van der Waals surface area (Å²) in [6.45, 7) is 0. The summed E-state index contributed by atoms with van der Waals surface area (Å²) in [5.74, 6) is -0.316. The standard InChI is InChI=1S/C13H17ClN2O2/c14-8-4-3-5-9(15)12(8)13(18)16-10-6-1-2-7-11(10)17/h3-5,10-11,17H,1-2,6-7,15H2,(H,16,18)/t10-,11-/m0/s1. The van der Waals surface area contributed by atoms with Gasteiger partial charge in [-0.15, -0.1) is 0 Å². The maximum Gasteiger partial charge on any atom is 0.255 e. The summed E-state index contributed by atoms with van der Waals surface area (Å²) >= 11 is 5.98. The van der Waals surface area contributed by atoms with Crippen molar-refractivity contribution in [2.45, 2.75) is 37.8 Å². The number of nitrogens with two attached hydrogens (primary N) is 1. The van der Waals surface area contributed by atoms with Crippen LogP contribution in [0.3, 0.4) is 0 Å². The molecule has 18 heavy (non-hydrogen) atoms. The molecule has 1 saturated carbocycles. The van der Waals surface area contributed by atoms with E-state index in [9.17, 15) is 9.90 Å². The van der Waals surface area contributed by atoms with Crippen LogP contribution in [0.1, 0.15) is 36.0 Å². The molecule has 5 heteroatoms. The Morgan fingerprint density at radius 2 is 2.11 bits per heavy atom. The lowest BCUT2D eigenvalue weighted by Crippen LogP contribution is -2.45. The third-order valence-corrected chi connectivity index (χ3v) is 3.63. The molecule has 0 spiro atoms. The fourth-order valence-corrected chi connectivity index (χ4v) is 2.57. The van der Waals surface area contributed by atoms with E-state index in [4.69, 9.17) is 17.3 Å². The van der Waals surface area contributed by atoms with Crippen LogP contribution < -0.4 is 11.1 Å². The summed E-state index contributed by atoms with van der Waals surface area (Å²) in [5.41, 5.74) is 6.40. The highest BCUT2D eigenvalue weighted by Crippen LogP contribution is 2.23. The summed E-state index contributed by atoms with van der Waals surface area (Å²) in [7, 11) is 0. The number of hydrogen-bond acceptors (Lipinski definition) is 3. The van der Waals surface area contributed by atoms with Gasteiger partial charge in [-0.05, 0) is 25.0 Å². The molecule has 4 nitrogen and oxygen atoms in total. The van der Waals surface area contributed by atoms with E-state index in [0.29, 0.717) is 10.7 Å². The minimum atomic E-state index is -0.480. The topological polar surface area (TPSA) is 75.4 Å². The molecule has 0 heterocycles. The number of rotatable bonds is 2. The second-order valence-corrected chi connectivity index (χ2v) is 5.04. The van der Waals surface area contributed by atoms with Gasteiger partial charge in [0.15, 0.2) is 0 Å². The summed E-state index contributed by atoms with van der Waals surface area (Å²) in [6.07, 6.45) is 3.05. The molecule has 1 amide bonds. The molecule has 1 aromatic carbocycles. The van der Waals surface area contributed by atoms with E-state index < -0.39 is 6.10 Å². The third-order valence-electron chi connectivity index (χ3n) is 3.32. The molecule has 0 aromatic heterocycles. The van der Waals surface area contributed by atoms with Crippen LogP contribution in [0.5, 0.6) is 0 Å². The Morgan fingerprint density at radius 1 is 1.39 bits per heavy atom. The number of carbonyl (C=O) groups is 1. The molecule has 0 saturated heterocycles. The molecule has 2 atom stereocenters. The second kappa shape index (κ2) is 5.59. The number of amides is 1. The largest absolute Gasteiger partial charge is 0.398 e. The highest BCUT2D eigenvalue weighted by atomic mass is 35.5. The molecule has 1 fully saturated rings. The number of nitrogen functional groups attached to an aromatic ring is 1. The van der Waals surface area contributed by atoms with E-state index in [-0.39, 0.29) is 17.5 Å². The van der Waals surface area contributed by atoms with Gasteiger partial charge in [0.2, 0.25) is 0 Å². The average Bonchev–Trinajstić information content (AvgIpc) is 2.32. The SMILES string of the molecule is Nc1cccc(Cl)c1C(=O)N[C@H]1CCCC[C@@H]1O. The quantitative estimate of drug-likeness (QED) is 0.718. The Balaban J connectivity index is 2.12. The van der Waals surface area contributed by atoms with Crippen molar-refractivity contribution in [1.82, 2.24) is 5.32 Å². The first-order chi connectivity index (χ1) is 8.59. The fraction of sp³-hybridized carbons (Fsp3) is 0.462. The first-order valence-electron chi connectivity index (χ1n) is 6.12. The number of aliphatic hydroxyl groups is 1. The summed E-state index contributed by atoms with van der Waals surface area (Å²) in [5, 5.41) is 13.0. The van der Waals surface area contributed by atoms with Crippen molar-refractivity contribution in [3.05, 3.63) is 28.8 Å². The molecule has 0 unspecified atom stereocenters. The van der Waals surface area contributed by atoms with Crippen LogP contribution in [0.25, 0.3) is 0 Å². The Bertz CT molecular complexity index is 430. The average molecular weight is 269 g/mol. The zero-order valence-corrected chi connectivity index (χ0v) is 10.8. The van der Waals surface area contributed by atoms with Crippen molar-refractivity contribution >= 4 is 23.2 Å². The molecule has 0 radical (unpaired) electrons. The predicted octanol–water partition coefficient (Wildman–Crippen LogP) is 1.96. The van der Waals surface area contributed by atoms with Gasteiger partial charge in [0.05, 0.1) is 22.7 Å². The van der Waals surface area contributed by atoms with E-state index in [1.54, 1.807) is 18.2 Å². The van der Waals surface area contributed by atoms with Gasteiger partial charge >= 0.3 is 0 Å². The highest BCUT2D eigenvalue weighted by Gasteiger charge is 2.26. The molecule has 1 aliphatic carbocycles. The van der Waals surface area contributed by atoms with Gasteiger partial charge in [-0.2, -0.15) is 0 Å². The lowest BCUT2D eigenvalue weighted by molar-refractivity contribution is 0.0718. The third kappa shape index (κ3) is 2.76. The van der Waals surface area contributed by atoms with Crippen molar-refractivity contribution in [2.24, 2.45) is 0 Å². The maximum absolute atomic E-state index is 12.1. The van der Waals surface area contributed by atoms with Gasteiger partial charge in [0, 0.05) is 5.69 Å². The first-order valence-corrected chi connectivity index (χ1v) is 6.50. The van der Waals surface area contributed by atoms with Crippen LogP contribution in [0.4, 0.5) is 5.69 Å². The summed E-state index contributed by atoms with van der Waals surface area (Å²) in [6, 6.07) is 4.76. The maximum atomic E-state index is 12.1. The van der Waals surface area contributed by atoms with Gasteiger partial charge in [-0.1, -0.05) is 30.5 Å². The molecule has 1 aliphatic rings. The van der Waals surface area contributed by atoms with E-state index in [1.165, 1.54) is 0 Å². The number of nitrogens with one attached hydrogen (secondary N) is 1. The van der Waals surface area contributed by atoms with Crippen LogP contribution in [-0.2, 0) is 0 Å². The lowest BCUT2D eigenvalue weighted by atomic mass is 9.92. The first kappa shape index (κ1) is 13.2. The van der Waals surface area contributed by atoms with E-state index >= 15 is 0 Å². The minimum Gasteiger partial charge on any atom is -0.398 e. The normalized spacial score (nSPS) is 23.7. The van der Waals surface area contributed by atoms with E-state index in [0.717, 1.165) is 25.7 Å².